The number of rotatable bonds is 8. The van der Waals surface area contributed by atoms with Crippen LogP contribution in [0, 0.1) is 0 Å². The molecule has 0 radical (unpaired) electrons. The van der Waals surface area contributed by atoms with Crippen molar-refractivity contribution in [2.24, 2.45) is 0 Å². The Hall–Kier alpha value is -2.37. The second-order valence-electron chi connectivity index (χ2n) is 7.37. The number of halogens is 1. The van der Waals surface area contributed by atoms with E-state index in [4.69, 9.17) is 16.3 Å². The first-order chi connectivity index (χ1) is 14.0. The Bertz CT molecular complexity index is 805. The van der Waals surface area contributed by atoms with Crippen LogP contribution >= 0.6 is 11.6 Å². The van der Waals surface area contributed by atoms with E-state index >= 15 is 0 Å². The number of amides is 2. The lowest BCUT2D eigenvalue weighted by Crippen LogP contribution is -2.49. The first-order valence-electron chi connectivity index (χ1n) is 10.00. The number of carbonyl (C=O) groups excluding carboxylic acids is 2. The molecule has 1 fully saturated rings. The van der Waals surface area contributed by atoms with Crippen molar-refractivity contribution in [2.75, 3.05) is 13.2 Å². The van der Waals surface area contributed by atoms with E-state index in [0.29, 0.717) is 18.1 Å². The molecule has 0 bridgehead atoms. The molecular formula is C23H27ClN2O3. The second kappa shape index (κ2) is 10.4. The Morgan fingerprint density at radius 2 is 1.86 bits per heavy atom. The number of nitrogens with zero attached hydrogens (tertiary/aromatic N) is 1. The zero-order chi connectivity index (χ0) is 20.6. The van der Waals surface area contributed by atoms with Crippen LogP contribution in [0.3, 0.4) is 0 Å². The molecule has 1 N–H and O–H groups in total. The van der Waals surface area contributed by atoms with Crippen LogP contribution in [-0.2, 0) is 27.3 Å². The van der Waals surface area contributed by atoms with Crippen LogP contribution in [0.2, 0.25) is 5.02 Å². The molecule has 5 nitrogen and oxygen atoms in total. The summed E-state index contributed by atoms with van der Waals surface area (Å²) in [4.78, 5) is 27.5. The maximum Gasteiger partial charge on any atom is 0.242 e. The number of hydrogen-bond donors (Lipinski definition) is 1. The van der Waals surface area contributed by atoms with Crippen molar-refractivity contribution in [2.45, 2.75) is 44.9 Å². The minimum atomic E-state index is -0.594. The Labute approximate surface area is 177 Å². The lowest BCUT2D eigenvalue weighted by molar-refractivity contribution is -0.140. The Balaban J connectivity index is 1.70. The van der Waals surface area contributed by atoms with Gasteiger partial charge in [-0.05, 0) is 43.0 Å². The van der Waals surface area contributed by atoms with Crippen molar-refractivity contribution >= 4 is 23.4 Å². The average molecular weight is 415 g/mol. The Kier molecular flexibility index (Phi) is 7.67. The molecule has 0 saturated carbocycles. The number of hydrogen-bond acceptors (Lipinski definition) is 3. The minimum absolute atomic E-state index is 0.0656. The predicted molar refractivity (Wildman–Crippen MR) is 114 cm³/mol. The van der Waals surface area contributed by atoms with E-state index in [1.807, 2.05) is 42.5 Å². The molecule has 154 valence electrons. The Morgan fingerprint density at radius 1 is 1.14 bits per heavy atom. The fourth-order valence-electron chi connectivity index (χ4n) is 3.41. The molecule has 2 aromatic rings. The second-order valence-corrected chi connectivity index (χ2v) is 7.80. The molecule has 0 aliphatic carbocycles. The van der Waals surface area contributed by atoms with Crippen molar-refractivity contribution in [3.63, 3.8) is 0 Å². The number of carbonyl (C=O) groups is 2. The lowest BCUT2D eigenvalue weighted by atomic mass is 10.1. The number of benzene rings is 2. The maximum atomic E-state index is 13.1. The molecule has 6 heteroatoms. The number of nitrogens with one attached hydrogen (secondary N) is 1. The molecule has 29 heavy (non-hydrogen) atoms. The van der Waals surface area contributed by atoms with E-state index in [2.05, 4.69) is 5.32 Å². The monoisotopic (exact) mass is 414 g/mol. The van der Waals surface area contributed by atoms with Crippen LogP contribution in [0.25, 0.3) is 0 Å². The summed E-state index contributed by atoms with van der Waals surface area (Å²) in [6.45, 7) is 3.33. The first kappa shape index (κ1) is 21.3. The molecular weight excluding hydrogens is 388 g/mol. The van der Waals surface area contributed by atoms with Crippen molar-refractivity contribution in [1.29, 1.82) is 0 Å². The van der Waals surface area contributed by atoms with Gasteiger partial charge in [-0.15, -0.1) is 0 Å². The maximum absolute atomic E-state index is 13.1. The van der Waals surface area contributed by atoms with Crippen LogP contribution in [0.4, 0.5) is 0 Å². The highest BCUT2D eigenvalue weighted by atomic mass is 35.5. The predicted octanol–water partition coefficient (Wildman–Crippen LogP) is 3.60. The quantitative estimate of drug-likeness (QED) is 0.718. The SMILES string of the molecule is C[C@@H](C(=O)NC[C@@H]1CCCO1)N(Cc1ccc(Cl)cc1)C(=O)Cc1ccccc1. The van der Waals surface area contributed by atoms with Crippen molar-refractivity contribution in [3.8, 4) is 0 Å². The highest BCUT2D eigenvalue weighted by Gasteiger charge is 2.27. The fraction of sp³-hybridized carbons (Fsp3) is 0.391. The van der Waals surface area contributed by atoms with Crippen LogP contribution in [0.5, 0.6) is 0 Å². The molecule has 2 aromatic carbocycles. The van der Waals surface area contributed by atoms with E-state index in [-0.39, 0.29) is 24.3 Å². The van der Waals surface area contributed by atoms with E-state index in [1.165, 1.54) is 0 Å². The van der Waals surface area contributed by atoms with E-state index in [1.54, 1.807) is 24.0 Å². The van der Waals surface area contributed by atoms with Crippen molar-refractivity contribution in [3.05, 3.63) is 70.7 Å². The van der Waals surface area contributed by atoms with Gasteiger partial charge in [-0.25, -0.2) is 0 Å². The zero-order valence-electron chi connectivity index (χ0n) is 16.6. The van der Waals surface area contributed by atoms with Crippen molar-refractivity contribution < 1.29 is 14.3 Å². The van der Waals surface area contributed by atoms with E-state index in [0.717, 1.165) is 30.6 Å². The van der Waals surface area contributed by atoms with Gasteiger partial charge in [0, 0.05) is 24.7 Å². The summed E-state index contributed by atoms with van der Waals surface area (Å²) in [5, 5.41) is 3.58. The molecule has 0 unspecified atom stereocenters. The molecule has 1 saturated heterocycles. The normalized spacial score (nSPS) is 17.0. The summed E-state index contributed by atoms with van der Waals surface area (Å²) < 4.78 is 5.57. The smallest absolute Gasteiger partial charge is 0.242 e. The highest BCUT2D eigenvalue weighted by Crippen LogP contribution is 2.16. The van der Waals surface area contributed by atoms with Gasteiger partial charge in [-0.2, -0.15) is 0 Å². The molecule has 0 aromatic heterocycles. The lowest BCUT2D eigenvalue weighted by Gasteiger charge is -2.29. The van der Waals surface area contributed by atoms with E-state index in [9.17, 15) is 9.59 Å². The first-order valence-corrected chi connectivity index (χ1v) is 10.4. The molecule has 0 spiro atoms. The fourth-order valence-corrected chi connectivity index (χ4v) is 3.53. The average Bonchev–Trinajstić information content (AvgIpc) is 3.25. The zero-order valence-corrected chi connectivity index (χ0v) is 17.4. The van der Waals surface area contributed by atoms with Crippen molar-refractivity contribution in [1.82, 2.24) is 10.2 Å². The molecule has 1 heterocycles. The molecule has 2 amide bonds. The van der Waals surface area contributed by atoms with Gasteiger partial charge in [0.2, 0.25) is 11.8 Å². The van der Waals surface area contributed by atoms with E-state index < -0.39 is 6.04 Å². The topological polar surface area (TPSA) is 58.6 Å². The van der Waals surface area contributed by atoms with Gasteiger partial charge in [0.25, 0.3) is 0 Å². The van der Waals surface area contributed by atoms with Crippen LogP contribution in [0.15, 0.2) is 54.6 Å². The summed E-state index contributed by atoms with van der Waals surface area (Å²) in [6, 6.07) is 16.3. The van der Waals surface area contributed by atoms with Crippen LogP contribution < -0.4 is 5.32 Å². The van der Waals surface area contributed by atoms with Gasteiger partial charge in [0.1, 0.15) is 6.04 Å². The third-order valence-corrected chi connectivity index (χ3v) is 5.41. The summed E-state index contributed by atoms with van der Waals surface area (Å²) in [5.41, 5.74) is 1.85. The summed E-state index contributed by atoms with van der Waals surface area (Å²) in [7, 11) is 0. The Morgan fingerprint density at radius 3 is 2.52 bits per heavy atom. The largest absolute Gasteiger partial charge is 0.376 e. The third-order valence-electron chi connectivity index (χ3n) is 5.16. The summed E-state index contributed by atoms with van der Waals surface area (Å²) in [6.07, 6.45) is 2.29. The molecule has 3 rings (SSSR count). The summed E-state index contributed by atoms with van der Waals surface area (Å²) >= 11 is 5.98. The standard InChI is InChI=1S/C23H27ClN2O3/c1-17(23(28)25-15-21-8-5-13-29-21)26(16-19-9-11-20(24)12-10-19)22(27)14-18-6-3-2-4-7-18/h2-4,6-7,9-12,17,21H,5,8,13-16H2,1H3,(H,25,28)/t17-,21-/m0/s1. The third kappa shape index (κ3) is 6.31. The molecule has 1 aliphatic rings. The number of ether oxygens (including phenoxy) is 1. The van der Waals surface area contributed by atoms with Crippen LogP contribution in [-0.4, -0.2) is 42.0 Å². The minimum Gasteiger partial charge on any atom is -0.376 e. The molecule has 1 aliphatic heterocycles. The highest BCUT2D eigenvalue weighted by molar-refractivity contribution is 6.30. The van der Waals surface area contributed by atoms with Gasteiger partial charge < -0.3 is 15.0 Å². The van der Waals surface area contributed by atoms with Gasteiger partial charge in [-0.3, -0.25) is 9.59 Å². The van der Waals surface area contributed by atoms with Gasteiger partial charge in [0.05, 0.1) is 12.5 Å². The molecule has 2 atom stereocenters. The van der Waals surface area contributed by atoms with Gasteiger partial charge in [-0.1, -0.05) is 54.1 Å². The van der Waals surface area contributed by atoms with Gasteiger partial charge in [0.15, 0.2) is 0 Å². The van der Waals surface area contributed by atoms with Gasteiger partial charge >= 0.3 is 0 Å². The summed E-state index contributed by atoms with van der Waals surface area (Å²) in [5.74, 6) is -0.262. The van der Waals surface area contributed by atoms with Crippen LogP contribution in [0.1, 0.15) is 30.9 Å².